The van der Waals surface area contributed by atoms with E-state index in [1.54, 1.807) is 13.0 Å². The van der Waals surface area contributed by atoms with Crippen molar-refractivity contribution in [2.45, 2.75) is 181 Å². The quantitative estimate of drug-likeness (QED) is 0.0622. The van der Waals surface area contributed by atoms with Gasteiger partial charge >= 0.3 is 5.97 Å². The van der Waals surface area contributed by atoms with Crippen molar-refractivity contribution in [1.82, 2.24) is 0 Å². The van der Waals surface area contributed by atoms with Crippen LogP contribution in [0.2, 0.25) is 0 Å². The molecule has 8 unspecified atom stereocenters. The van der Waals surface area contributed by atoms with Crippen LogP contribution in [-0.2, 0) is 47.5 Å². The van der Waals surface area contributed by atoms with Crippen LogP contribution in [0.15, 0.2) is 11.6 Å². The molecule has 8 aliphatic rings. The van der Waals surface area contributed by atoms with Crippen LogP contribution in [0, 0.1) is 28.6 Å². The molecule has 19 nitrogen and oxygen atoms in total. The number of carbonyl (C=O) groups excluding carboxylic acids is 2. The van der Waals surface area contributed by atoms with Gasteiger partial charge in [0.2, 0.25) is 0 Å². The summed E-state index contributed by atoms with van der Waals surface area (Å²) in [7, 11) is 1.47. The summed E-state index contributed by atoms with van der Waals surface area (Å²) in [6.07, 6.45) is -12.2. The standard InChI is InChI=1S/C42H64O19/c1-19-36(61-38-35(51)33(49)31(47)27(60-38)17-56-37-34(50)32(48)30(46)26(15-43)59-37)25(54-3)13-29(57-19)58-21-4-9-40(18-44)23-5-8-39(2)22(20-12-28(45)55-16-20)7-11-42(39,53)24(23)6-10-41(40,52)14-21/h12,18-19,21-27,29-38,43,46-53H,4-11,13-17H2,1-3H3/t19-,21?,22?,23?,24?,25+,26-,27-,29+,30-,31-,32+,33+,34-,35-,36-,37-,38+,39?,40?,41?,42?/m1/s1. The Morgan fingerprint density at radius 1 is 0.820 bits per heavy atom. The molecule has 346 valence electrons. The minimum atomic E-state index is -1.75. The molecule has 22 atom stereocenters. The van der Waals surface area contributed by atoms with Crippen molar-refractivity contribution < 1.29 is 93.4 Å². The molecule has 3 saturated heterocycles. The highest BCUT2D eigenvalue weighted by Crippen LogP contribution is 2.70. The van der Waals surface area contributed by atoms with E-state index in [1.807, 2.05) is 0 Å². The highest BCUT2D eigenvalue weighted by atomic mass is 16.8. The monoisotopic (exact) mass is 872 g/mol. The molecule has 0 aromatic rings. The zero-order chi connectivity index (χ0) is 43.8. The van der Waals surface area contributed by atoms with Crippen molar-refractivity contribution in [2.24, 2.45) is 28.6 Å². The van der Waals surface area contributed by atoms with E-state index >= 15 is 0 Å². The molecule has 0 amide bonds. The number of methoxy groups -OCH3 is 1. The minimum Gasteiger partial charge on any atom is -0.458 e. The number of cyclic esters (lactones) is 1. The van der Waals surface area contributed by atoms with Gasteiger partial charge in [-0.2, -0.15) is 0 Å². The maximum Gasteiger partial charge on any atom is 0.331 e. The topological polar surface area (TPSA) is 290 Å². The van der Waals surface area contributed by atoms with Gasteiger partial charge in [-0.05, 0) is 81.6 Å². The zero-order valence-electron chi connectivity index (χ0n) is 34.8. The third-order valence-corrected chi connectivity index (χ3v) is 16.3. The smallest absolute Gasteiger partial charge is 0.331 e. The maximum atomic E-state index is 13.3. The summed E-state index contributed by atoms with van der Waals surface area (Å²) in [5, 5.41) is 97.4. The number of rotatable bonds is 11. The number of aliphatic hydroxyl groups excluding tert-OH is 7. The predicted octanol–water partition coefficient (Wildman–Crippen LogP) is -1.92. The van der Waals surface area contributed by atoms with E-state index in [0.717, 1.165) is 18.3 Å². The Bertz CT molecular complexity index is 1630. The van der Waals surface area contributed by atoms with Crippen LogP contribution in [0.5, 0.6) is 0 Å². The molecule has 0 bridgehead atoms. The maximum absolute atomic E-state index is 13.3. The first kappa shape index (κ1) is 45.8. The molecule has 4 aliphatic heterocycles. The van der Waals surface area contributed by atoms with E-state index in [1.165, 1.54) is 7.11 Å². The van der Waals surface area contributed by atoms with Crippen LogP contribution in [0.25, 0.3) is 0 Å². The molecule has 4 heterocycles. The van der Waals surface area contributed by atoms with Gasteiger partial charge in [0.05, 0.1) is 48.1 Å². The molecule has 4 saturated carbocycles. The summed E-state index contributed by atoms with van der Waals surface area (Å²) < 4.78 is 46.7. The van der Waals surface area contributed by atoms with E-state index in [-0.39, 0.29) is 43.2 Å². The second-order valence-electron chi connectivity index (χ2n) is 19.2. The fraction of sp³-hybridized carbons (Fsp3) is 0.905. The fourth-order valence-corrected chi connectivity index (χ4v) is 12.9. The second kappa shape index (κ2) is 17.2. The molecule has 0 aromatic carbocycles. The second-order valence-corrected chi connectivity index (χ2v) is 19.2. The van der Waals surface area contributed by atoms with Gasteiger partial charge in [0, 0.05) is 31.4 Å². The van der Waals surface area contributed by atoms with Gasteiger partial charge in [-0.3, -0.25) is 0 Å². The molecule has 61 heavy (non-hydrogen) atoms. The Hall–Kier alpha value is -1.76. The highest BCUT2D eigenvalue weighted by Gasteiger charge is 2.71. The lowest BCUT2D eigenvalue weighted by Gasteiger charge is -2.65. The first-order valence-electron chi connectivity index (χ1n) is 21.8. The number of hydrogen-bond acceptors (Lipinski definition) is 19. The van der Waals surface area contributed by atoms with Crippen molar-refractivity contribution >= 4 is 12.3 Å². The van der Waals surface area contributed by atoms with Crippen molar-refractivity contribution in [2.75, 3.05) is 26.9 Å². The van der Waals surface area contributed by atoms with E-state index in [2.05, 4.69) is 6.92 Å². The third-order valence-electron chi connectivity index (χ3n) is 16.3. The SMILES string of the molecule is CO[C@H]1C[C@H](OC2CCC3(C=O)C4CCC5(C)C(C6=CC(=O)OC6)CCC5(O)C4CCC3(O)C2)O[C@H](C)[C@H]1O[C@@H]1O[C@H](CO[C@@H]2O[C@H](CO)[C@@H](O)[C@H](O)[C@H]2O)[C@@H](O)[C@H](O)[C@H]1O. The zero-order valence-corrected chi connectivity index (χ0v) is 34.8. The molecular weight excluding hydrogens is 808 g/mol. The summed E-state index contributed by atoms with van der Waals surface area (Å²) in [6, 6.07) is 0. The van der Waals surface area contributed by atoms with E-state index < -0.39 is 127 Å². The molecule has 0 radical (unpaired) electrons. The van der Waals surface area contributed by atoms with Crippen molar-refractivity contribution in [3.05, 3.63) is 11.6 Å². The number of aliphatic hydroxyl groups is 9. The van der Waals surface area contributed by atoms with E-state index in [9.17, 15) is 55.5 Å². The Morgan fingerprint density at radius 2 is 1.51 bits per heavy atom. The predicted molar refractivity (Wildman–Crippen MR) is 203 cm³/mol. The number of fused-ring (bicyclic) bond motifs is 5. The van der Waals surface area contributed by atoms with E-state index in [0.29, 0.717) is 44.9 Å². The number of esters is 1. The summed E-state index contributed by atoms with van der Waals surface area (Å²) in [4.78, 5) is 25.3. The molecule has 0 aromatic heterocycles. The first-order valence-corrected chi connectivity index (χ1v) is 21.8. The van der Waals surface area contributed by atoms with Gasteiger partial charge in [-0.15, -0.1) is 0 Å². The van der Waals surface area contributed by atoms with Gasteiger partial charge in [0.25, 0.3) is 0 Å². The number of ether oxygens (including phenoxy) is 8. The lowest BCUT2D eigenvalue weighted by molar-refractivity contribution is -0.355. The highest BCUT2D eigenvalue weighted by molar-refractivity contribution is 5.85. The average Bonchev–Trinajstić information content (AvgIpc) is 3.79. The number of hydrogen-bond donors (Lipinski definition) is 9. The molecule has 4 aliphatic carbocycles. The molecule has 7 fully saturated rings. The van der Waals surface area contributed by atoms with Crippen LogP contribution in [-0.4, -0.2) is 188 Å². The van der Waals surface area contributed by atoms with Crippen molar-refractivity contribution in [3.63, 3.8) is 0 Å². The Balaban J connectivity index is 0.886. The molecule has 8 rings (SSSR count). The average molecular weight is 873 g/mol. The Morgan fingerprint density at radius 3 is 2.18 bits per heavy atom. The van der Waals surface area contributed by atoms with Crippen LogP contribution in [0.1, 0.15) is 78.1 Å². The minimum absolute atomic E-state index is 0.00485. The number of carbonyl (C=O) groups is 2. The lowest BCUT2D eigenvalue weighted by Crippen LogP contribution is -2.69. The van der Waals surface area contributed by atoms with Gasteiger partial charge in [-0.25, -0.2) is 4.79 Å². The lowest BCUT2D eigenvalue weighted by atomic mass is 9.41. The van der Waals surface area contributed by atoms with Crippen LogP contribution >= 0.6 is 0 Å². The van der Waals surface area contributed by atoms with Gasteiger partial charge in [-0.1, -0.05) is 6.92 Å². The van der Waals surface area contributed by atoms with Gasteiger partial charge in [0.15, 0.2) is 18.9 Å². The Kier molecular flexibility index (Phi) is 12.9. The molecular formula is C42H64O19. The van der Waals surface area contributed by atoms with Crippen LogP contribution < -0.4 is 0 Å². The molecule has 0 spiro atoms. The van der Waals surface area contributed by atoms with Crippen LogP contribution in [0.4, 0.5) is 0 Å². The summed E-state index contributed by atoms with van der Waals surface area (Å²) >= 11 is 0. The summed E-state index contributed by atoms with van der Waals surface area (Å²) in [5.41, 5.74) is -3.06. The largest absolute Gasteiger partial charge is 0.458 e. The third kappa shape index (κ3) is 7.55. The van der Waals surface area contributed by atoms with Gasteiger partial charge in [0.1, 0.15) is 67.8 Å². The van der Waals surface area contributed by atoms with Crippen LogP contribution in [0.3, 0.4) is 0 Å². The normalized spacial score (nSPS) is 53.6. The summed E-state index contributed by atoms with van der Waals surface area (Å²) in [5.74, 6) is -0.767. The molecule has 19 heteroatoms. The number of aldehydes is 1. The van der Waals surface area contributed by atoms with E-state index in [4.69, 9.17) is 37.9 Å². The fourth-order valence-electron chi connectivity index (χ4n) is 12.9. The summed E-state index contributed by atoms with van der Waals surface area (Å²) in [6.45, 7) is 2.86. The first-order chi connectivity index (χ1) is 28.9. The van der Waals surface area contributed by atoms with Gasteiger partial charge < -0.3 is 88.6 Å². The van der Waals surface area contributed by atoms with Crippen molar-refractivity contribution in [3.8, 4) is 0 Å². The Labute approximate surface area is 353 Å². The van der Waals surface area contributed by atoms with Crippen molar-refractivity contribution in [1.29, 1.82) is 0 Å². The molecule has 9 N–H and O–H groups in total.